The number of halogens is 1. The van der Waals surface area contributed by atoms with E-state index in [9.17, 15) is 9.18 Å². The van der Waals surface area contributed by atoms with Crippen LogP contribution in [-0.4, -0.2) is 62.2 Å². The number of carbonyl (C=O) groups excluding carboxylic acids is 1. The Morgan fingerprint density at radius 2 is 2.15 bits per heavy atom. The molecule has 27 heavy (non-hydrogen) atoms. The van der Waals surface area contributed by atoms with Crippen molar-refractivity contribution in [3.8, 4) is 11.3 Å². The summed E-state index contributed by atoms with van der Waals surface area (Å²) in [6, 6.07) is 5.09. The zero-order valence-electron chi connectivity index (χ0n) is 14.5. The summed E-state index contributed by atoms with van der Waals surface area (Å²) in [5, 5.41) is 7.25. The lowest BCUT2D eigenvalue weighted by molar-refractivity contribution is 0.0601. The molecule has 9 heteroatoms. The van der Waals surface area contributed by atoms with Crippen molar-refractivity contribution in [1.29, 1.82) is 0 Å². The van der Waals surface area contributed by atoms with Gasteiger partial charge in [0.05, 0.1) is 23.0 Å². The highest BCUT2D eigenvalue weighted by Crippen LogP contribution is 2.28. The van der Waals surface area contributed by atoms with Gasteiger partial charge in [-0.05, 0) is 18.2 Å². The highest BCUT2D eigenvalue weighted by molar-refractivity contribution is 5.97. The number of nitrogens with zero attached hydrogens (tertiary/aromatic N) is 5. The molecule has 3 N–H and O–H groups in total. The van der Waals surface area contributed by atoms with Crippen molar-refractivity contribution < 1.29 is 9.18 Å². The molecule has 2 atom stereocenters. The topological polar surface area (TPSA) is 101 Å². The van der Waals surface area contributed by atoms with Gasteiger partial charge in [-0.25, -0.2) is 13.9 Å². The minimum atomic E-state index is -1.04. The molecule has 0 radical (unpaired) electrons. The van der Waals surface area contributed by atoms with Crippen LogP contribution in [0.4, 0.5) is 10.2 Å². The molecule has 1 fully saturated rings. The molecular weight excluding hydrogens is 349 g/mol. The van der Waals surface area contributed by atoms with Gasteiger partial charge in [-0.1, -0.05) is 0 Å². The fourth-order valence-electron chi connectivity index (χ4n) is 3.93. The lowest BCUT2D eigenvalue weighted by Gasteiger charge is -2.33. The van der Waals surface area contributed by atoms with E-state index in [1.165, 1.54) is 6.33 Å². The highest BCUT2D eigenvalue weighted by Gasteiger charge is 2.38. The van der Waals surface area contributed by atoms with Gasteiger partial charge in [0.25, 0.3) is 5.91 Å². The van der Waals surface area contributed by atoms with Gasteiger partial charge in [-0.15, -0.1) is 0 Å². The molecule has 5 heterocycles. The molecule has 0 aromatic carbocycles. The molecule has 1 amide bonds. The summed E-state index contributed by atoms with van der Waals surface area (Å²) < 4.78 is 15.8. The maximum atomic E-state index is 14.1. The Labute approximate surface area is 154 Å². The van der Waals surface area contributed by atoms with E-state index in [1.54, 1.807) is 15.6 Å². The van der Waals surface area contributed by atoms with Gasteiger partial charge in [-0.2, -0.15) is 5.10 Å². The third-order valence-electron chi connectivity index (χ3n) is 5.34. The van der Waals surface area contributed by atoms with Crippen molar-refractivity contribution in [1.82, 2.24) is 29.8 Å². The third-order valence-corrected chi connectivity index (χ3v) is 5.34. The maximum Gasteiger partial charge on any atom is 0.256 e. The zero-order valence-corrected chi connectivity index (χ0v) is 14.5. The Bertz CT molecular complexity index is 1050. The summed E-state index contributed by atoms with van der Waals surface area (Å²) >= 11 is 0. The van der Waals surface area contributed by atoms with E-state index in [0.717, 1.165) is 17.0 Å². The Morgan fingerprint density at radius 1 is 1.26 bits per heavy atom. The van der Waals surface area contributed by atoms with Crippen molar-refractivity contribution in [3.63, 3.8) is 0 Å². The molecule has 2 aliphatic heterocycles. The fraction of sp³-hybridized carbons (Fsp3) is 0.333. The van der Waals surface area contributed by atoms with Crippen LogP contribution < -0.4 is 11.1 Å². The summed E-state index contributed by atoms with van der Waals surface area (Å²) in [4.78, 5) is 23.1. The molecule has 2 aliphatic rings. The second-order valence-corrected chi connectivity index (χ2v) is 6.87. The predicted octanol–water partition coefficient (Wildman–Crippen LogP) is 0.682. The van der Waals surface area contributed by atoms with Gasteiger partial charge in [0.1, 0.15) is 18.0 Å². The van der Waals surface area contributed by atoms with E-state index in [2.05, 4.69) is 20.4 Å². The van der Waals surface area contributed by atoms with E-state index in [-0.39, 0.29) is 12.5 Å². The number of nitrogens with one attached hydrogen (secondary N) is 1. The molecule has 1 saturated heterocycles. The molecule has 0 aliphatic carbocycles. The van der Waals surface area contributed by atoms with Crippen LogP contribution in [0.5, 0.6) is 0 Å². The molecule has 0 spiro atoms. The van der Waals surface area contributed by atoms with Crippen LogP contribution >= 0.6 is 0 Å². The van der Waals surface area contributed by atoms with Gasteiger partial charge < -0.3 is 16.0 Å². The number of hydrogen-bond acceptors (Lipinski definition) is 6. The molecule has 5 rings (SSSR count). The van der Waals surface area contributed by atoms with E-state index in [0.29, 0.717) is 36.4 Å². The van der Waals surface area contributed by atoms with Crippen LogP contribution in [0.1, 0.15) is 16.1 Å². The largest absolute Gasteiger partial charge is 0.382 e. The second kappa shape index (κ2) is 5.98. The molecule has 138 valence electrons. The molecule has 0 saturated carbocycles. The SMILES string of the molecule is Nc1ncnn2c(-c3cnc4c(c3)C(=O)N(C3CNCC3F)CC4)ccc12. The second-order valence-electron chi connectivity index (χ2n) is 6.87. The first kappa shape index (κ1) is 16.1. The normalized spacial score (nSPS) is 22.4. The number of hydrogen-bond donors (Lipinski definition) is 2. The van der Waals surface area contributed by atoms with Gasteiger partial charge in [0.15, 0.2) is 5.82 Å². The molecule has 3 aromatic heterocycles. The fourth-order valence-corrected chi connectivity index (χ4v) is 3.93. The number of fused-ring (bicyclic) bond motifs is 2. The number of amides is 1. The molecule has 8 nitrogen and oxygen atoms in total. The minimum absolute atomic E-state index is 0.169. The van der Waals surface area contributed by atoms with Crippen LogP contribution in [0.2, 0.25) is 0 Å². The average molecular weight is 367 g/mol. The van der Waals surface area contributed by atoms with E-state index >= 15 is 0 Å². The van der Waals surface area contributed by atoms with Crippen molar-refractivity contribution in [2.24, 2.45) is 0 Å². The van der Waals surface area contributed by atoms with Gasteiger partial charge in [0.2, 0.25) is 0 Å². The molecule has 2 unspecified atom stereocenters. The van der Waals surface area contributed by atoms with Gasteiger partial charge >= 0.3 is 0 Å². The molecular formula is C18H18FN7O. The van der Waals surface area contributed by atoms with Crippen molar-refractivity contribution >= 4 is 17.2 Å². The van der Waals surface area contributed by atoms with Crippen LogP contribution in [-0.2, 0) is 6.42 Å². The van der Waals surface area contributed by atoms with Crippen molar-refractivity contribution in [3.05, 3.63) is 42.0 Å². The molecule has 3 aromatic rings. The zero-order chi connectivity index (χ0) is 18.5. The average Bonchev–Trinajstić information content (AvgIpc) is 3.29. The predicted molar refractivity (Wildman–Crippen MR) is 96.9 cm³/mol. The third kappa shape index (κ3) is 2.46. The lowest BCUT2D eigenvalue weighted by atomic mass is 9.99. The number of nitrogens with two attached hydrogens (primary N) is 1. The monoisotopic (exact) mass is 367 g/mol. The van der Waals surface area contributed by atoms with E-state index in [4.69, 9.17) is 5.73 Å². The summed E-state index contributed by atoms with van der Waals surface area (Å²) in [6.45, 7) is 1.26. The Balaban J connectivity index is 1.55. The van der Waals surface area contributed by atoms with Gasteiger partial charge in [-0.3, -0.25) is 9.78 Å². The Kier molecular flexibility index (Phi) is 3.57. The summed E-state index contributed by atoms with van der Waals surface area (Å²) in [5.41, 5.74) is 9.37. The summed E-state index contributed by atoms with van der Waals surface area (Å²) in [6.07, 6.45) is 2.70. The number of rotatable bonds is 2. The maximum absolute atomic E-state index is 14.1. The van der Waals surface area contributed by atoms with Crippen LogP contribution in [0.15, 0.2) is 30.7 Å². The number of pyridine rings is 1. The number of alkyl halides is 1. The van der Waals surface area contributed by atoms with E-state index in [1.807, 2.05) is 18.2 Å². The summed E-state index contributed by atoms with van der Waals surface area (Å²) in [7, 11) is 0. The highest BCUT2D eigenvalue weighted by atomic mass is 19.1. The first-order chi connectivity index (χ1) is 13.1. The Hall–Kier alpha value is -3.07. The van der Waals surface area contributed by atoms with Crippen LogP contribution in [0.3, 0.4) is 0 Å². The Morgan fingerprint density at radius 3 is 2.96 bits per heavy atom. The standard InChI is InChI=1S/C18H18FN7O/c19-12-7-21-8-16(12)25-4-3-13-11(18(25)27)5-10(6-22-13)14-1-2-15-17(20)23-9-24-26(14)15/h1-2,5-6,9,12,16,21H,3-4,7-8H2,(H2,20,23,24). The number of nitrogen functional groups attached to an aromatic ring is 1. The summed E-state index contributed by atoms with van der Waals surface area (Å²) in [5.74, 6) is 0.212. The number of aromatic nitrogens is 4. The smallest absolute Gasteiger partial charge is 0.256 e. The van der Waals surface area contributed by atoms with Crippen molar-refractivity contribution in [2.45, 2.75) is 18.6 Å². The van der Waals surface area contributed by atoms with Crippen LogP contribution in [0.25, 0.3) is 16.8 Å². The van der Waals surface area contributed by atoms with Crippen molar-refractivity contribution in [2.75, 3.05) is 25.4 Å². The lowest BCUT2D eigenvalue weighted by Crippen LogP contribution is -2.49. The number of anilines is 1. The first-order valence-corrected chi connectivity index (χ1v) is 8.87. The quantitative estimate of drug-likeness (QED) is 0.691. The number of carbonyl (C=O) groups is 1. The van der Waals surface area contributed by atoms with E-state index < -0.39 is 12.2 Å². The molecule has 0 bridgehead atoms. The first-order valence-electron chi connectivity index (χ1n) is 8.87. The van der Waals surface area contributed by atoms with Crippen LogP contribution in [0, 0.1) is 0 Å². The minimum Gasteiger partial charge on any atom is -0.382 e. The van der Waals surface area contributed by atoms with Gasteiger partial charge in [0, 0.05) is 37.8 Å².